The third kappa shape index (κ3) is 1.73. The second kappa shape index (κ2) is 4.24. The van der Waals surface area contributed by atoms with Crippen molar-refractivity contribution in [3.63, 3.8) is 0 Å². The van der Waals surface area contributed by atoms with E-state index in [4.69, 9.17) is 15.5 Å². The van der Waals surface area contributed by atoms with Crippen molar-refractivity contribution in [3.8, 4) is 0 Å². The zero-order valence-corrected chi connectivity index (χ0v) is 11.0. The van der Waals surface area contributed by atoms with Gasteiger partial charge in [0.1, 0.15) is 11.4 Å². The van der Waals surface area contributed by atoms with Crippen LogP contribution >= 0.6 is 11.8 Å². The molecule has 2 heterocycles. The summed E-state index contributed by atoms with van der Waals surface area (Å²) >= 11 is 1.71. The Bertz CT molecular complexity index is 520. The van der Waals surface area contributed by atoms with Gasteiger partial charge in [0.05, 0.1) is 18.3 Å². The maximum atomic E-state index is 14.1. The van der Waals surface area contributed by atoms with Gasteiger partial charge in [0.25, 0.3) is 0 Å². The zero-order valence-electron chi connectivity index (χ0n) is 10.1. The van der Waals surface area contributed by atoms with Gasteiger partial charge in [0, 0.05) is 22.9 Å². The number of aliphatic imine (C=N–C) groups is 1. The number of nitrogens with two attached hydrogens (primary N) is 1. The molecule has 1 fully saturated rings. The Hall–Kier alpha value is -1.07. The summed E-state index contributed by atoms with van der Waals surface area (Å²) in [5.74, 6) is 0.898. The van der Waals surface area contributed by atoms with Crippen LogP contribution in [0.5, 0.6) is 0 Å². The van der Waals surface area contributed by atoms with Gasteiger partial charge in [0.15, 0.2) is 0 Å². The van der Waals surface area contributed by atoms with Crippen molar-refractivity contribution >= 4 is 22.5 Å². The van der Waals surface area contributed by atoms with Crippen LogP contribution in [0.25, 0.3) is 0 Å². The highest BCUT2D eigenvalue weighted by Crippen LogP contribution is 2.45. The Morgan fingerprint density at radius 2 is 2.39 bits per heavy atom. The Morgan fingerprint density at radius 3 is 3.22 bits per heavy atom. The second-order valence-electron chi connectivity index (χ2n) is 4.82. The van der Waals surface area contributed by atoms with Gasteiger partial charge in [0.2, 0.25) is 0 Å². The Labute approximate surface area is 110 Å². The molecule has 2 unspecified atom stereocenters. The monoisotopic (exact) mass is 266 g/mol. The number of halogens is 1. The Kier molecular flexibility index (Phi) is 2.83. The molecule has 1 saturated heterocycles. The number of rotatable bonds is 1. The maximum absolute atomic E-state index is 14.1. The van der Waals surface area contributed by atoms with Crippen molar-refractivity contribution in [2.24, 2.45) is 10.9 Å². The van der Waals surface area contributed by atoms with Gasteiger partial charge < -0.3 is 10.5 Å². The number of nitrogens with zero attached hydrogens (tertiary/aromatic N) is 1. The number of nitrogen functional groups attached to an aromatic ring is 1. The number of fused-ring (bicyclic) bond motifs is 1. The molecule has 0 aliphatic carbocycles. The number of hydrogen-bond donors (Lipinski definition) is 1. The van der Waals surface area contributed by atoms with Gasteiger partial charge in [-0.15, -0.1) is 11.8 Å². The molecule has 2 aliphatic rings. The van der Waals surface area contributed by atoms with Gasteiger partial charge in [-0.05, 0) is 25.1 Å². The normalized spacial score (nSPS) is 31.0. The SMILES string of the molecule is CC1=NC2(c3cc(N)ccc3F)COCC2CS1. The van der Waals surface area contributed by atoms with E-state index in [0.29, 0.717) is 24.5 Å². The van der Waals surface area contributed by atoms with E-state index >= 15 is 0 Å². The van der Waals surface area contributed by atoms with Crippen LogP contribution in [0.4, 0.5) is 10.1 Å². The lowest BCUT2D eigenvalue weighted by atomic mass is 9.81. The molecule has 0 bridgehead atoms. The fourth-order valence-corrected chi connectivity index (χ4v) is 3.73. The van der Waals surface area contributed by atoms with Crippen LogP contribution in [-0.2, 0) is 10.3 Å². The van der Waals surface area contributed by atoms with Crippen LogP contribution < -0.4 is 5.73 Å². The van der Waals surface area contributed by atoms with Gasteiger partial charge in [-0.1, -0.05) is 0 Å². The summed E-state index contributed by atoms with van der Waals surface area (Å²) in [7, 11) is 0. The predicted molar refractivity (Wildman–Crippen MR) is 72.4 cm³/mol. The van der Waals surface area contributed by atoms with Gasteiger partial charge in [-0.2, -0.15) is 0 Å². The van der Waals surface area contributed by atoms with Crippen LogP contribution in [0, 0.1) is 11.7 Å². The Morgan fingerprint density at radius 1 is 1.56 bits per heavy atom. The lowest BCUT2D eigenvalue weighted by Crippen LogP contribution is -2.38. The standard InChI is InChI=1S/C13H15FN2OS/c1-8-16-13(7-17-5-9(13)6-18-8)11-4-10(15)2-3-12(11)14/h2-4,9H,5-7,15H2,1H3. The van der Waals surface area contributed by atoms with Gasteiger partial charge in [-0.25, -0.2) is 4.39 Å². The molecule has 2 N–H and O–H groups in total. The van der Waals surface area contributed by atoms with Crippen molar-refractivity contribution in [1.29, 1.82) is 0 Å². The molecule has 2 aliphatic heterocycles. The van der Waals surface area contributed by atoms with E-state index in [9.17, 15) is 4.39 Å². The molecule has 5 heteroatoms. The quantitative estimate of drug-likeness (QED) is 0.794. The first-order valence-corrected chi connectivity index (χ1v) is 6.93. The predicted octanol–water partition coefficient (Wildman–Crippen LogP) is 2.41. The lowest BCUT2D eigenvalue weighted by Gasteiger charge is -2.34. The first-order valence-electron chi connectivity index (χ1n) is 5.94. The molecule has 2 atom stereocenters. The minimum Gasteiger partial charge on any atom is -0.399 e. The first kappa shape index (κ1) is 12.0. The summed E-state index contributed by atoms with van der Waals surface area (Å²) in [6.07, 6.45) is 0. The molecule has 0 radical (unpaired) electrons. The number of anilines is 1. The molecule has 1 aromatic rings. The van der Waals surface area contributed by atoms with E-state index in [0.717, 1.165) is 10.8 Å². The molecule has 3 rings (SSSR count). The van der Waals surface area contributed by atoms with Crippen molar-refractivity contribution in [3.05, 3.63) is 29.6 Å². The topological polar surface area (TPSA) is 47.6 Å². The largest absolute Gasteiger partial charge is 0.399 e. The summed E-state index contributed by atoms with van der Waals surface area (Å²) in [6, 6.07) is 4.69. The van der Waals surface area contributed by atoms with Gasteiger partial charge >= 0.3 is 0 Å². The average molecular weight is 266 g/mol. The number of ether oxygens (including phenoxy) is 1. The third-order valence-electron chi connectivity index (χ3n) is 3.62. The molecule has 18 heavy (non-hydrogen) atoms. The molecule has 0 aromatic heterocycles. The molecule has 0 amide bonds. The highest BCUT2D eigenvalue weighted by Gasteiger charge is 2.48. The number of hydrogen-bond acceptors (Lipinski definition) is 4. The molecule has 3 nitrogen and oxygen atoms in total. The average Bonchev–Trinajstić information content (AvgIpc) is 2.76. The smallest absolute Gasteiger partial charge is 0.129 e. The molecule has 1 aromatic carbocycles. The highest BCUT2D eigenvalue weighted by atomic mass is 32.2. The van der Waals surface area contributed by atoms with E-state index in [2.05, 4.69) is 0 Å². The summed E-state index contributed by atoms with van der Waals surface area (Å²) in [4.78, 5) is 4.71. The molecule has 96 valence electrons. The zero-order chi connectivity index (χ0) is 12.8. The molecule has 0 spiro atoms. The minimum atomic E-state index is -0.575. The molecule has 0 saturated carbocycles. The summed E-state index contributed by atoms with van der Waals surface area (Å²) < 4.78 is 19.7. The molecular formula is C13H15FN2OS. The van der Waals surface area contributed by atoms with Gasteiger partial charge in [-0.3, -0.25) is 4.99 Å². The highest BCUT2D eigenvalue weighted by molar-refractivity contribution is 8.13. The van der Waals surface area contributed by atoms with Crippen molar-refractivity contribution < 1.29 is 9.13 Å². The van der Waals surface area contributed by atoms with Crippen molar-refractivity contribution in [1.82, 2.24) is 0 Å². The van der Waals surface area contributed by atoms with E-state index in [1.165, 1.54) is 6.07 Å². The van der Waals surface area contributed by atoms with Crippen molar-refractivity contribution in [2.45, 2.75) is 12.5 Å². The number of benzene rings is 1. The minimum absolute atomic E-state index is 0.225. The third-order valence-corrected chi connectivity index (χ3v) is 4.70. The first-order chi connectivity index (χ1) is 8.62. The summed E-state index contributed by atoms with van der Waals surface area (Å²) in [5.41, 5.74) is 6.35. The molecular weight excluding hydrogens is 251 g/mol. The second-order valence-corrected chi connectivity index (χ2v) is 6.03. The van der Waals surface area contributed by atoms with E-state index in [-0.39, 0.29) is 11.7 Å². The van der Waals surface area contributed by atoms with E-state index < -0.39 is 5.54 Å². The van der Waals surface area contributed by atoms with Crippen molar-refractivity contribution in [2.75, 3.05) is 24.7 Å². The lowest BCUT2D eigenvalue weighted by molar-refractivity contribution is 0.176. The Balaban J connectivity index is 2.17. The maximum Gasteiger partial charge on any atom is 0.129 e. The summed E-state index contributed by atoms with van der Waals surface area (Å²) in [6.45, 7) is 3.04. The van der Waals surface area contributed by atoms with E-state index in [1.54, 1.807) is 23.9 Å². The van der Waals surface area contributed by atoms with Crippen LogP contribution in [0.15, 0.2) is 23.2 Å². The summed E-state index contributed by atoms with van der Waals surface area (Å²) in [5, 5.41) is 0.985. The van der Waals surface area contributed by atoms with Crippen LogP contribution in [-0.4, -0.2) is 24.0 Å². The number of thioether (sulfide) groups is 1. The van der Waals surface area contributed by atoms with Crippen LogP contribution in [0.3, 0.4) is 0 Å². The fraction of sp³-hybridized carbons (Fsp3) is 0.462. The van der Waals surface area contributed by atoms with Crippen LogP contribution in [0.1, 0.15) is 12.5 Å². The fourth-order valence-electron chi connectivity index (χ4n) is 2.69. The van der Waals surface area contributed by atoms with E-state index in [1.807, 2.05) is 6.92 Å². The van der Waals surface area contributed by atoms with Crippen LogP contribution in [0.2, 0.25) is 0 Å².